The van der Waals surface area contributed by atoms with Gasteiger partial charge in [-0.05, 0) is 105 Å². The Hall–Kier alpha value is -4.76. The molecule has 6 rings (SSSR count). The van der Waals surface area contributed by atoms with E-state index in [0.29, 0.717) is 48.7 Å². The summed E-state index contributed by atoms with van der Waals surface area (Å²) in [5.41, 5.74) is 3.65. The zero-order valence-corrected chi connectivity index (χ0v) is 28.4. The Morgan fingerprint density at radius 2 is 1.58 bits per heavy atom. The first-order valence-electron chi connectivity index (χ1n) is 16.6. The van der Waals surface area contributed by atoms with Gasteiger partial charge < -0.3 is 24.5 Å². The summed E-state index contributed by atoms with van der Waals surface area (Å²) in [6.07, 6.45) is 3.24. The van der Waals surface area contributed by atoms with E-state index in [-0.39, 0.29) is 42.4 Å². The molecule has 48 heavy (non-hydrogen) atoms. The maximum Gasteiger partial charge on any atom is 0.459 e. The molecule has 3 atom stereocenters. The van der Waals surface area contributed by atoms with E-state index < -0.39 is 11.2 Å². The van der Waals surface area contributed by atoms with Gasteiger partial charge in [-0.3, -0.25) is 14.4 Å². The van der Waals surface area contributed by atoms with E-state index in [9.17, 15) is 24.4 Å². The molecule has 2 aromatic carbocycles. The lowest BCUT2D eigenvalue weighted by atomic mass is 9.69. The van der Waals surface area contributed by atoms with Crippen LogP contribution in [0.1, 0.15) is 87.9 Å². The molecule has 3 aromatic rings. The Labute approximate surface area is 280 Å². The number of hydrogen-bond donors (Lipinski definition) is 1. The van der Waals surface area contributed by atoms with Gasteiger partial charge in [0.1, 0.15) is 6.04 Å². The largest absolute Gasteiger partial charge is 0.459 e. The fourth-order valence-electron chi connectivity index (χ4n) is 7.66. The molecule has 0 bridgehead atoms. The van der Waals surface area contributed by atoms with Crippen LogP contribution in [0.2, 0.25) is 0 Å². The lowest BCUT2D eigenvalue weighted by molar-refractivity contribution is -0.131. The lowest BCUT2D eigenvalue weighted by Gasteiger charge is -2.36. The van der Waals surface area contributed by atoms with E-state index in [2.05, 4.69) is 16.4 Å². The van der Waals surface area contributed by atoms with Crippen LogP contribution in [0.15, 0.2) is 45.7 Å². The van der Waals surface area contributed by atoms with Crippen LogP contribution in [0, 0.1) is 17.2 Å². The van der Waals surface area contributed by atoms with E-state index in [1.165, 1.54) is 9.80 Å². The first kappa shape index (κ1) is 33.2. The van der Waals surface area contributed by atoms with E-state index in [0.717, 1.165) is 35.1 Å². The second-order valence-electron chi connectivity index (χ2n) is 13.9. The van der Waals surface area contributed by atoms with Crippen LogP contribution in [0.5, 0.6) is 0 Å². The summed E-state index contributed by atoms with van der Waals surface area (Å²) in [4.78, 5) is 61.8. The van der Waals surface area contributed by atoms with E-state index in [1.807, 2.05) is 38.1 Å². The van der Waals surface area contributed by atoms with Crippen molar-refractivity contribution >= 4 is 17.7 Å². The van der Waals surface area contributed by atoms with Crippen molar-refractivity contribution in [3.8, 4) is 6.07 Å². The molecule has 3 aliphatic rings. The van der Waals surface area contributed by atoms with Crippen molar-refractivity contribution in [2.45, 2.75) is 69.5 Å². The molecule has 1 saturated heterocycles. The molecule has 2 aliphatic carbocycles. The number of benzene rings is 2. The quantitative estimate of drug-likeness (QED) is 0.347. The molecule has 12 nitrogen and oxygen atoms in total. The van der Waals surface area contributed by atoms with E-state index >= 15 is 0 Å². The number of aryl methyl sites for hydroxylation is 2. The zero-order valence-electron chi connectivity index (χ0n) is 28.4. The Balaban J connectivity index is 1.48. The number of aromatic nitrogens is 2. The predicted octanol–water partition coefficient (Wildman–Crippen LogP) is 2.75. The van der Waals surface area contributed by atoms with Gasteiger partial charge in [-0.25, -0.2) is 4.79 Å². The van der Waals surface area contributed by atoms with Crippen molar-refractivity contribution in [2.24, 2.45) is 5.92 Å². The van der Waals surface area contributed by atoms with Gasteiger partial charge in [-0.2, -0.15) is 15.0 Å². The first-order chi connectivity index (χ1) is 22.9. The summed E-state index contributed by atoms with van der Waals surface area (Å²) < 4.78 is 7.24. The molecule has 2 fully saturated rings. The smallest absolute Gasteiger partial charge is 0.345 e. The highest BCUT2D eigenvalue weighted by Gasteiger charge is 2.54. The normalized spacial score (nSPS) is 20.3. The first-order valence-corrected chi connectivity index (χ1v) is 16.6. The Bertz CT molecular complexity index is 1790. The number of fused-ring (bicyclic) bond motifs is 3. The number of rotatable bonds is 9. The van der Waals surface area contributed by atoms with Crippen molar-refractivity contribution in [3.63, 3.8) is 0 Å². The van der Waals surface area contributed by atoms with Crippen molar-refractivity contribution < 1.29 is 18.9 Å². The highest BCUT2D eigenvalue weighted by molar-refractivity contribution is 5.95. The van der Waals surface area contributed by atoms with E-state index in [1.54, 1.807) is 50.0 Å². The number of amides is 3. The van der Waals surface area contributed by atoms with Crippen LogP contribution in [-0.4, -0.2) is 95.5 Å². The van der Waals surface area contributed by atoms with Crippen LogP contribution in [0.25, 0.3) is 0 Å². The number of hydrogen-bond acceptors (Lipinski definition) is 8. The predicted molar refractivity (Wildman–Crippen MR) is 178 cm³/mol. The molecule has 0 radical (unpaired) electrons. The van der Waals surface area contributed by atoms with Crippen LogP contribution >= 0.6 is 0 Å². The molecule has 1 N–H and O–H groups in total. The summed E-state index contributed by atoms with van der Waals surface area (Å²) in [7, 11) is 6.86. The molecule has 3 amide bonds. The van der Waals surface area contributed by atoms with Crippen molar-refractivity contribution in [1.82, 2.24) is 29.7 Å². The molecule has 2 heterocycles. The van der Waals surface area contributed by atoms with Crippen LogP contribution in [-0.2, 0) is 23.1 Å². The highest BCUT2D eigenvalue weighted by Crippen LogP contribution is 2.48. The van der Waals surface area contributed by atoms with Gasteiger partial charge in [-0.1, -0.05) is 12.1 Å². The summed E-state index contributed by atoms with van der Waals surface area (Å²) in [6.45, 7) is 4.27. The average Bonchev–Trinajstić information content (AvgIpc) is 3.59. The van der Waals surface area contributed by atoms with Gasteiger partial charge in [0.05, 0.1) is 24.1 Å². The van der Waals surface area contributed by atoms with Crippen LogP contribution < -0.4 is 11.1 Å². The van der Waals surface area contributed by atoms with Crippen molar-refractivity contribution in [2.75, 3.05) is 41.3 Å². The highest BCUT2D eigenvalue weighted by atomic mass is 16.5. The average molecular weight is 654 g/mol. The van der Waals surface area contributed by atoms with Gasteiger partial charge in [-0.15, -0.1) is 0 Å². The monoisotopic (exact) mass is 653 g/mol. The number of nitrogens with zero attached hydrogens (tertiary/aromatic N) is 6. The maximum absolute atomic E-state index is 13.3. The number of carbonyl (C=O) groups excluding carboxylic acids is 3. The number of piperidine rings is 1. The maximum atomic E-state index is 13.3. The molecule has 1 aromatic heterocycles. The minimum atomic E-state index is -1.04. The second kappa shape index (κ2) is 12.7. The summed E-state index contributed by atoms with van der Waals surface area (Å²) in [5.74, 6) is -0.220. The molecular weight excluding hydrogens is 610 g/mol. The molecule has 252 valence electrons. The van der Waals surface area contributed by atoms with E-state index in [4.69, 9.17) is 4.52 Å². The fourth-order valence-corrected chi connectivity index (χ4v) is 7.66. The standard InChI is InChI=1S/C36H43N7O5/c1-21(2)43-34(39-35(47)48-43)36(13-14-38-20-31(44)42-27(19-37)17-26-18-30(26)42)28-11-9-24(32(45)40(3)4)15-22(28)7-8-23-16-25(10-12-29(23)36)33(46)41(5)6/h9-12,15-16,21,26-27,30,38H,7-8,13-14,17-18,20H2,1-6H3/t26-,27?,30+/m1/s1. The Morgan fingerprint density at radius 3 is 2.10 bits per heavy atom. The molecule has 1 saturated carbocycles. The molecular formula is C36H43N7O5. The molecule has 1 aliphatic heterocycles. The molecule has 1 unspecified atom stereocenters. The third kappa shape index (κ3) is 5.70. The number of nitrogens with one attached hydrogen (secondary N) is 1. The second-order valence-corrected chi connectivity index (χ2v) is 13.9. The topological polar surface area (TPSA) is 145 Å². The molecule has 12 heteroatoms. The summed E-state index contributed by atoms with van der Waals surface area (Å²) in [5, 5.41) is 13.0. The number of likely N-dealkylation sites (tertiary alicyclic amines) is 1. The third-order valence-corrected chi connectivity index (χ3v) is 10.0. The number of carbonyl (C=O) groups is 3. The van der Waals surface area contributed by atoms with Crippen molar-refractivity contribution in [3.05, 3.63) is 86.2 Å². The summed E-state index contributed by atoms with van der Waals surface area (Å²) in [6, 6.07) is 13.2. The van der Waals surface area contributed by atoms with Gasteiger partial charge in [0, 0.05) is 45.4 Å². The zero-order chi connectivity index (χ0) is 34.5. The van der Waals surface area contributed by atoms with Crippen molar-refractivity contribution in [1.29, 1.82) is 5.26 Å². The Morgan fingerprint density at radius 1 is 1.00 bits per heavy atom. The van der Waals surface area contributed by atoms with Gasteiger partial charge in [0.15, 0.2) is 5.82 Å². The van der Waals surface area contributed by atoms with Gasteiger partial charge in [0.25, 0.3) is 11.8 Å². The minimum absolute atomic E-state index is 0.0690. The summed E-state index contributed by atoms with van der Waals surface area (Å²) >= 11 is 0. The van der Waals surface area contributed by atoms with Crippen LogP contribution in [0.4, 0.5) is 0 Å². The SMILES string of the molecule is CC(C)n1oc(=O)nc1C1(CCNCC(=O)N2C(C#N)C[C@@H]3C[C@@H]32)c2ccc(C(=O)N(C)C)cc2CCc2cc(C(=O)N(C)C)ccc21. The van der Waals surface area contributed by atoms with Gasteiger partial charge >= 0.3 is 5.76 Å². The Kier molecular flexibility index (Phi) is 8.76. The lowest BCUT2D eigenvalue weighted by Crippen LogP contribution is -2.44. The van der Waals surface area contributed by atoms with Crippen LogP contribution in [0.3, 0.4) is 0 Å². The number of nitriles is 1. The third-order valence-electron chi connectivity index (χ3n) is 10.0. The molecule has 0 spiro atoms. The van der Waals surface area contributed by atoms with Gasteiger partial charge in [0.2, 0.25) is 5.91 Å². The minimum Gasteiger partial charge on any atom is -0.345 e. The fraction of sp³-hybridized carbons (Fsp3) is 0.500.